The maximum absolute atomic E-state index is 12.6. The molecule has 2 aromatic carbocycles. The Kier molecular flexibility index (Phi) is 8.01. The number of methoxy groups -OCH3 is 1. The number of rotatable bonds is 8. The van der Waals surface area contributed by atoms with E-state index in [1.54, 1.807) is 49.4 Å². The highest BCUT2D eigenvalue weighted by Crippen LogP contribution is 2.23. The highest BCUT2D eigenvalue weighted by atomic mass is 79.9. The fourth-order valence-electron chi connectivity index (χ4n) is 2.34. The van der Waals surface area contributed by atoms with Crippen molar-refractivity contribution in [2.45, 2.75) is 6.92 Å². The van der Waals surface area contributed by atoms with Crippen molar-refractivity contribution in [3.63, 3.8) is 0 Å². The number of amides is 1. The molecule has 2 rings (SSSR count). The third-order valence-corrected chi connectivity index (χ3v) is 4.37. The minimum atomic E-state index is -0.691. The first-order chi connectivity index (χ1) is 13.5. The summed E-state index contributed by atoms with van der Waals surface area (Å²) in [6.45, 7) is 1.07. The van der Waals surface area contributed by atoms with Gasteiger partial charge in [-0.15, -0.1) is 0 Å². The van der Waals surface area contributed by atoms with Crippen molar-refractivity contribution in [3.05, 3.63) is 58.6 Å². The molecule has 2 aromatic rings. The van der Waals surface area contributed by atoms with Crippen LogP contribution in [0.4, 0.5) is 5.69 Å². The number of hydrogen-bond donors (Lipinski definition) is 0. The van der Waals surface area contributed by atoms with E-state index in [-0.39, 0.29) is 18.7 Å². The summed E-state index contributed by atoms with van der Waals surface area (Å²) in [5.74, 6) is -1.31. The number of benzene rings is 2. The van der Waals surface area contributed by atoms with Crippen molar-refractivity contribution < 1.29 is 28.6 Å². The lowest BCUT2D eigenvalue weighted by Crippen LogP contribution is -2.39. The van der Waals surface area contributed by atoms with Gasteiger partial charge in [0.1, 0.15) is 12.3 Å². The van der Waals surface area contributed by atoms with Crippen LogP contribution in [0, 0.1) is 0 Å². The van der Waals surface area contributed by atoms with Gasteiger partial charge in [0.2, 0.25) is 0 Å². The van der Waals surface area contributed by atoms with E-state index in [0.717, 1.165) is 0 Å². The molecule has 0 aliphatic heterocycles. The second kappa shape index (κ2) is 10.5. The van der Waals surface area contributed by atoms with Crippen LogP contribution in [0.5, 0.6) is 5.75 Å². The molecule has 28 heavy (non-hydrogen) atoms. The number of carbonyl (C=O) groups is 3. The fraction of sp³-hybridized carbons (Fsp3) is 0.250. The molecule has 0 saturated heterocycles. The molecule has 0 fully saturated rings. The number of ether oxygens (including phenoxy) is 3. The summed E-state index contributed by atoms with van der Waals surface area (Å²) < 4.78 is 15.7. The monoisotopic (exact) mass is 449 g/mol. The molecule has 0 unspecified atom stereocenters. The summed E-state index contributed by atoms with van der Waals surface area (Å²) in [5, 5.41) is 0. The minimum Gasteiger partial charge on any atom is -0.497 e. The molecule has 0 bridgehead atoms. The van der Waals surface area contributed by atoms with Crippen LogP contribution in [-0.2, 0) is 19.1 Å². The first-order valence-electron chi connectivity index (χ1n) is 8.48. The van der Waals surface area contributed by atoms with Crippen LogP contribution >= 0.6 is 15.9 Å². The fourth-order valence-corrected chi connectivity index (χ4v) is 2.75. The highest BCUT2D eigenvalue weighted by molar-refractivity contribution is 9.10. The van der Waals surface area contributed by atoms with Crippen LogP contribution in [0.25, 0.3) is 0 Å². The molecule has 0 radical (unpaired) electrons. The number of esters is 2. The molecule has 0 aliphatic rings. The molecule has 0 aromatic heterocycles. The van der Waals surface area contributed by atoms with Crippen LogP contribution in [0.2, 0.25) is 0 Å². The summed E-state index contributed by atoms with van der Waals surface area (Å²) in [6, 6.07) is 13.5. The molecule has 0 saturated carbocycles. The van der Waals surface area contributed by atoms with Gasteiger partial charge < -0.3 is 14.2 Å². The predicted molar refractivity (Wildman–Crippen MR) is 106 cm³/mol. The zero-order valence-corrected chi connectivity index (χ0v) is 17.1. The summed E-state index contributed by atoms with van der Waals surface area (Å²) in [6.07, 6.45) is 0. The molecular weight excluding hydrogens is 430 g/mol. The molecule has 0 spiro atoms. The Bertz CT molecular complexity index is 840. The molecule has 8 heteroatoms. The third-order valence-electron chi connectivity index (χ3n) is 3.68. The lowest BCUT2D eigenvalue weighted by atomic mass is 10.2. The summed E-state index contributed by atoms with van der Waals surface area (Å²) >= 11 is 3.27. The van der Waals surface area contributed by atoms with E-state index in [4.69, 9.17) is 14.2 Å². The van der Waals surface area contributed by atoms with Crippen molar-refractivity contribution in [1.29, 1.82) is 0 Å². The Labute approximate surface area is 171 Å². The first kappa shape index (κ1) is 21.4. The topological polar surface area (TPSA) is 82.1 Å². The van der Waals surface area contributed by atoms with Crippen LogP contribution < -0.4 is 9.64 Å². The average Bonchev–Trinajstić information content (AvgIpc) is 2.71. The maximum atomic E-state index is 12.6. The van der Waals surface area contributed by atoms with E-state index >= 15 is 0 Å². The standard InChI is InChI=1S/C20H20BrNO6/c1-3-27-19(24)12-22(14-7-5-4-6-8-14)18(23)13-28-20(25)16-11-15(26-2)9-10-17(16)21/h4-11H,3,12-13H2,1-2H3. The third kappa shape index (κ3) is 5.82. The lowest BCUT2D eigenvalue weighted by molar-refractivity contribution is -0.142. The summed E-state index contributed by atoms with van der Waals surface area (Å²) in [4.78, 5) is 38.1. The second-order valence-electron chi connectivity index (χ2n) is 5.54. The molecule has 0 atom stereocenters. The first-order valence-corrected chi connectivity index (χ1v) is 9.27. The van der Waals surface area contributed by atoms with Crippen LogP contribution in [0.1, 0.15) is 17.3 Å². The van der Waals surface area contributed by atoms with E-state index < -0.39 is 24.5 Å². The number of carbonyl (C=O) groups excluding carboxylic acids is 3. The van der Waals surface area contributed by atoms with Gasteiger partial charge in [0.05, 0.1) is 19.3 Å². The molecule has 7 nitrogen and oxygen atoms in total. The number of nitrogens with zero attached hydrogens (tertiary/aromatic N) is 1. The van der Waals surface area contributed by atoms with Crippen molar-refractivity contribution in [2.75, 3.05) is 31.8 Å². The zero-order chi connectivity index (χ0) is 20.5. The molecule has 0 aliphatic carbocycles. The van der Waals surface area contributed by atoms with E-state index in [1.165, 1.54) is 18.1 Å². The quantitative estimate of drug-likeness (QED) is 0.575. The van der Waals surface area contributed by atoms with E-state index in [0.29, 0.717) is 15.9 Å². The van der Waals surface area contributed by atoms with Crippen molar-refractivity contribution >= 4 is 39.5 Å². The van der Waals surface area contributed by atoms with Gasteiger partial charge in [-0.2, -0.15) is 0 Å². The largest absolute Gasteiger partial charge is 0.497 e. The van der Waals surface area contributed by atoms with Gasteiger partial charge in [0.25, 0.3) is 5.91 Å². The Morgan fingerprint density at radius 1 is 1.04 bits per heavy atom. The second-order valence-corrected chi connectivity index (χ2v) is 6.40. The number of halogens is 1. The Morgan fingerprint density at radius 2 is 1.75 bits per heavy atom. The number of anilines is 1. The maximum Gasteiger partial charge on any atom is 0.339 e. The number of para-hydroxylation sites is 1. The van der Waals surface area contributed by atoms with Gasteiger partial charge >= 0.3 is 11.9 Å². The van der Waals surface area contributed by atoms with Gasteiger partial charge in [-0.1, -0.05) is 18.2 Å². The molecule has 0 heterocycles. The summed E-state index contributed by atoms with van der Waals surface area (Å²) in [5.41, 5.74) is 0.725. The lowest BCUT2D eigenvalue weighted by Gasteiger charge is -2.21. The van der Waals surface area contributed by atoms with Gasteiger partial charge in [-0.25, -0.2) is 4.79 Å². The van der Waals surface area contributed by atoms with Crippen LogP contribution in [0.15, 0.2) is 53.0 Å². The van der Waals surface area contributed by atoms with Gasteiger partial charge in [0.15, 0.2) is 6.61 Å². The average molecular weight is 450 g/mol. The molecule has 1 amide bonds. The zero-order valence-electron chi connectivity index (χ0n) is 15.5. The SMILES string of the molecule is CCOC(=O)CN(C(=O)COC(=O)c1cc(OC)ccc1Br)c1ccccc1. The van der Waals surface area contributed by atoms with Gasteiger partial charge in [-0.05, 0) is 53.2 Å². The Balaban J connectivity index is 2.10. The molecular formula is C20H20BrNO6. The molecule has 148 valence electrons. The minimum absolute atomic E-state index is 0.203. The number of hydrogen-bond acceptors (Lipinski definition) is 6. The van der Waals surface area contributed by atoms with Crippen molar-refractivity contribution in [1.82, 2.24) is 0 Å². The van der Waals surface area contributed by atoms with E-state index in [1.807, 2.05) is 0 Å². The summed E-state index contributed by atoms with van der Waals surface area (Å²) in [7, 11) is 1.48. The highest BCUT2D eigenvalue weighted by Gasteiger charge is 2.22. The predicted octanol–water partition coefficient (Wildman–Crippen LogP) is 3.21. The smallest absolute Gasteiger partial charge is 0.339 e. The van der Waals surface area contributed by atoms with Crippen LogP contribution in [-0.4, -0.2) is 44.7 Å². The van der Waals surface area contributed by atoms with Gasteiger partial charge in [-0.3, -0.25) is 14.5 Å². The van der Waals surface area contributed by atoms with E-state index in [2.05, 4.69) is 15.9 Å². The van der Waals surface area contributed by atoms with Crippen LogP contribution in [0.3, 0.4) is 0 Å². The van der Waals surface area contributed by atoms with Crippen molar-refractivity contribution in [3.8, 4) is 5.75 Å². The normalized spacial score (nSPS) is 10.1. The van der Waals surface area contributed by atoms with Crippen molar-refractivity contribution in [2.24, 2.45) is 0 Å². The van der Waals surface area contributed by atoms with E-state index in [9.17, 15) is 14.4 Å². The Morgan fingerprint density at radius 3 is 2.39 bits per heavy atom. The molecule has 0 N–H and O–H groups in total. The van der Waals surface area contributed by atoms with Gasteiger partial charge in [0, 0.05) is 10.2 Å². The Hall–Kier alpha value is -2.87.